The number of nitriles is 1. The van der Waals surface area contributed by atoms with E-state index in [1.165, 1.54) is 11.3 Å². The summed E-state index contributed by atoms with van der Waals surface area (Å²) in [5.41, 5.74) is 1.03. The fraction of sp³-hybridized carbons (Fsp3) is 0.167. The largest absolute Gasteiger partial charge is 0.192 e. The molecule has 0 aliphatic heterocycles. The topological polar surface area (TPSA) is 23.8 Å². The van der Waals surface area contributed by atoms with E-state index in [2.05, 4.69) is 0 Å². The summed E-state index contributed by atoms with van der Waals surface area (Å²) in [7, 11) is 0. The van der Waals surface area contributed by atoms with E-state index in [-0.39, 0.29) is 0 Å². The normalized spacial score (nSPS) is 8.89. The van der Waals surface area contributed by atoms with Crippen LogP contribution in [0.15, 0.2) is 11.4 Å². The average molecular weight is 158 g/mol. The van der Waals surface area contributed by atoms with E-state index in [1.54, 1.807) is 6.07 Å². The number of hydrogen-bond donors (Lipinski definition) is 0. The van der Waals surface area contributed by atoms with Gasteiger partial charge in [-0.2, -0.15) is 5.26 Å². The van der Waals surface area contributed by atoms with Gasteiger partial charge in [0, 0.05) is 5.88 Å². The number of thiophene rings is 1. The third-order valence-corrected chi connectivity index (χ3v) is 2.11. The monoisotopic (exact) mass is 157 g/mol. The molecule has 1 nitrogen and oxygen atoms in total. The standard InChI is InChI=1S/C6H4ClNS/c7-2-5-1-6(3-8)9-4-5/h1,4H,2H2. The summed E-state index contributed by atoms with van der Waals surface area (Å²) in [4.78, 5) is 0.727. The molecule has 0 aliphatic carbocycles. The molecule has 9 heavy (non-hydrogen) atoms. The van der Waals surface area contributed by atoms with Crippen molar-refractivity contribution in [2.75, 3.05) is 0 Å². The van der Waals surface area contributed by atoms with Crippen LogP contribution in [0.25, 0.3) is 0 Å². The highest BCUT2D eigenvalue weighted by atomic mass is 35.5. The Bertz CT molecular complexity index is 235. The van der Waals surface area contributed by atoms with Crippen LogP contribution in [0, 0.1) is 11.3 Å². The van der Waals surface area contributed by atoms with Gasteiger partial charge in [-0.05, 0) is 17.0 Å². The highest BCUT2D eigenvalue weighted by Crippen LogP contribution is 2.14. The van der Waals surface area contributed by atoms with Gasteiger partial charge in [0.2, 0.25) is 0 Å². The number of halogens is 1. The van der Waals surface area contributed by atoms with Crippen LogP contribution >= 0.6 is 22.9 Å². The molecule has 0 unspecified atom stereocenters. The van der Waals surface area contributed by atoms with Gasteiger partial charge in [-0.15, -0.1) is 22.9 Å². The van der Waals surface area contributed by atoms with Gasteiger partial charge in [0.15, 0.2) is 0 Å². The second-order valence-electron chi connectivity index (χ2n) is 1.56. The second kappa shape index (κ2) is 2.86. The molecule has 0 fully saturated rings. The predicted molar refractivity (Wildman–Crippen MR) is 38.6 cm³/mol. The van der Waals surface area contributed by atoms with E-state index in [1.807, 2.05) is 11.4 Å². The quantitative estimate of drug-likeness (QED) is 0.575. The third-order valence-electron chi connectivity index (χ3n) is 0.918. The van der Waals surface area contributed by atoms with E-state index >= 15 is 0 Å². The molecule has 46 valence electrons. The maximum absolute atomic E-state index is 8.36. The van der Waals surface area contributed by atoms with Crippen molar-refractivity contribution in [1.82, 2.24) is 0 Å². The van der Waals surface area contributed by atoms with E-state index in [0.717, 1.165) is 10.4 Å². The summed E-state index contributed by atoms with van der Waals surface area (Å²) >= 11 is 6.92. The Morgan fingerprint density at radius 3 is 2.89 bits per heavy atom. The summed E-state index contributed by atoms with van der Waals surface area (Å²) in [6, 6.07) is 3.84. The zero-order valence-electron chi connectivity index (χ0n) is 4.60. The van der Waals surface area contributed by atoms with Crippen molar-refractivity contribution in [2.24, 2.45) is 0 Å². The van der Waals surface area contributed by atoms with E-state index in [0.29, 0.717) is 5.88 Å². The fourth-order valence-electron chi connectivity index (χ4n) is 0.504. The lowest BCUT2D eigenvalue weighted by Crippen LogP contribution is -1.65. The smallest absolute Gasteiger partial charge is 0.110 e. The van der Waals surface area contributed by atoms with E-state index < -0.39 is 0 Å². The second-order valence-corrected chi connectivity index (χ2v) is 2.74. The molecule has 0 saturated heterocycles. The number of rotatable bonds is 1. The molecule has 0 spiro atoms. The minimum Gasteiger partial charge on any atom is -0.192 e. The molecule has 0 radical (unpaired) electrons. The molecule has 1 aromatic rings. The SMILES string of the molecule is N#Cc1cc(CCl)cs1. The maximum Gasteiger partial charge on any atom is 0.110 e. The lowest BCUT2D eigenvalue weighted by molar-refractivity contribution is 1.45. The molecule has 3 heteroatoms. The van der Waals surface area contributed by atoms with Gasteiger partial charge in [0.25, 0.3) is 0 Å². The first-order valence-corrected chi connectivity index (χ1v) is 3.81. The Kier molecular flexibility index (Phi) is 2.10. The Balaban J connectivity index is 2.90. The summed E-state index contributed by atoms with van der Waals surface area (Å²) in [5, 5.41) is 10.3. The van der Waals surface area contributed by atoms with Crippen molar-refractivity contribution in [3.05, 3.63) is 21.9 Å². The Morgan fingerprint density at radius 2 is 2.56 bits per heavy atom. The Morgan fingerprint density at radius 1 is 1.78 bits per heavy atom. The number of alkyl halides is 1. The third kappa shape index (κ3) is 1.44. The summed E-state index contributed by atoms with van der Waals surface area (Å²) in [6.45, 7) is 0. The molecule has 1 aromatic heterocycles. The van der Waals surface area contributed by atoms with Gasteiger partial charge in [0.1, 0.15) is 10.9 Å². The fourth-order valence-corrected chi connectivity index (χ4v) is 1.45. The van der Waals surface area contributed by atoms with Crippen LogP contribution in [0.5, 0.6) is 0 Å². The van der Waals surface area contributed by atoms with Gasteiger partial charge < -0.3 is 0 Å². The molecule has 0 N–H and O–H groups in total. The first-order valence-electron chi connectivity index (χ1n) is 2.40. The maximum atomic E-state index is 8.36. The van der Waals surface area contributed by atoms with Crippen LogP contribution in [0.1, 0.15) is 10.4 Å². The van der Waals surface area contributed by atoms with Crippen LogP contribution < -0.4 is 0 Å². The number of nitrogens with zero attached hydrogens (tertiary/aromatic N) is 1. The lowest BCUT2D eigenvalue weighted by atomic mass is 10.3. The van der Waals surface area contributed by atoms with Crippen molar-refractivity contribution >= 4 is 22.9 Å². The van der Waals surface area contributed by atoms with Gasteiger partial charge >= 0.3 is 0 Å². The van der Waals surface area contributed by atoms with E-state index in [9.17, 15) is 0 Å². The van der Waals surface area contributed by atoms with Crippen LogP contribution in [0.3, 0.4) is 0 Å². The van der Waals surface area contributed by atoms with Crippen molar-refractivity contribution in [1.29, 1.82) is 5.26 Å². The van der Waals surface area contributed by atoms with Crippen LogP contribution in [0.4, 0.5) is 0 Å². The van der Waals surface area contributed by atoms with Crippen LogP contribution in [0.2, 0.25) is 0 Å². The van der Waals surface area contributed by atoms with Gasteiger partial charge in [-0.3, -0.25) is 0 Å². The predicted octanol–water partition coefficient (Wildman–Crippen LogP) is 2.36. The molecular formula is C6H4ClNS. The van der Waals surface area contributed by atoms with Gasteiger partial charge in [-0.1, -0.05) is 0 Å². The summed E-state index contributed by atoms with van der Waals surface area (Å²) in [5.74, 6) is 0.498. The summed E-state index contributed by atoms with van der Waals surface area (Å²) in [6.07, 6.45) is 0. The molecular weight excluding hydrogens is 154 g/mol. The average Bonchev–Trinajstić information content (AvgIpc) is 2.34. The van der Waals surface area contributed by atoms with Crippen molar-refractivity contribution in [3.8, 4) is 6.07 Å². The van der Waals surface area contributed by atoms with Crippen LogP contribution in [-0.4, -0.2) is 0 Å². The summed E-state index contributed by atoms with van der Waals surface area (Å²) < 4.78 is 0. The van der Waals surface area contributed by atoms with Crippen LogP contribution in [-0.2, 0) is 5.88 Å². The highest BCUT2D eigenvalue weighted by Gasteiger charge is 1.94. The van der Waals surface area contributed by atoms with Crippen molar-refractivity contribution < 1.29 is 0 Å². The first kappa shape index (κ1) is 6.60. The minimum atomic E-state index is 0.498. The Hall–Kier alpha value is -0.520. The first-order chi connectivity index (χ1) is 4.36. The molecule has 0 atom stereocenters. The zero-order valence-corrected chi connectivity index (χ0v) is 6.17. The number of hydrogen-bond acceptors (Lipinski definition) is 2. The molecule has 0 aromatic carbocycles. The van der Waals surface area contributed by atoms with Gasteiger partial charge in [-0.25, -0.2) is 0 Å². The molecule has 0 amide bonds. The van der Waals surface area contributed by atoms with E-state index in [4.69, 9.17) is 16.9 Å². The minimum absolute atomic E-state index is 0.498. The van der Waals surface area contributed by atoms with Crippen molar-refractivity contribution in [2.45, 2.75) is 5.88 Å². The molecule has 1 rings (SSSR count). The molecule has 0 bridgehead atoms. The lowest BCUT2D eigenvalue weighted by Gasteiger charge is -1.77. The van der Waals surface area contributed by atoms with Gasteiger partial charge in [0.05, 0.1) is 0 Å². The highest BCUT2D eigenvalue weighted by molar-refractivity contribution is 7.10. The van der Waals surface area contributed by atoms with Crippen molar-refractivity contribution in [3.63, 3.8) is 0 Å². The zero-order chi connectivity index (χ0) is 6.69. The Labute approximate surface area is 62.5 Å². The molecule has 0 saturated carbocycles. The molecule has 0 aliphatic rings. The molecule has 1 heterocycles.